The molecule has 1 saturated heterocycles. The minimum atomic E-state index is 0.225. The van der Waals surface area contributed by atoms with Gasteiger partial charge in [0.2, 0.25) is 0 Å². The summed E-state index contributed by atoms with van der Waals surface area (Å²) in [6.07, 6.45) is 2.30. The Morgan fingerprint density at radius 3 is 2.69 bits per heavy atom. The van der Waals surface area contributed by atoms with Gasteiger partial charge in [-0.25, -0.2) is 0 Å². The van der Waals surface area contributed by atoms with Crippen molar-refractivity contribution < 1.29 is 4.52 Å². The second kappa shape index (κ2) is 3.14. The maximum Gasteiger partial charge on any atom is 0.133 e. The predicted molar refractivity (Wildman–Crippen MR) is 50.7 cm³/mol. The number of rotatable bonds is 1. The first-order chi connectivity index (χ1) is 6.21. The third kappa shape index (κ3) is 1.61. The Kier molecular flexibility index (Phi) is 2.12. The first-order valence-electron chi connectivity index (χ1n) is 4.85. The van der Waals surface area contributed by atoms with Crippen LogP contribution in [0.3, 0.4) is 0 Å². The molecule has 72 valence electrons. The summed E-state index contributed by atoms with van der Waals surface area (Å²) >= 11 is 0. The van der Waals surface area contributed by atoms with E-state index in [4.69, 9.17) is 4.52 Å². The van der Waals surface area contributed by atoms with Gasteiger partial charge in [-0.1, -0.05) is 12.1 Å². The van der Waals surface area contributed by atoms with Crippen LogP contribution >= 0.6 is 0 Å². The summed E-state index contributed by atoms with van der Waals surface area (Å²) in [6.45, 7) is 6.39. The van der Waals surface area contributed by atoms with Crippen molar-refractivity contribution in [2.24, 2.45) is 0 Å². The lowest BCUT2D eigenvalue weighted by atomic mass is 9.78. The lowest BCUT2D eigenvalue weighted by Crippen LogP contribution is -2.37. The zero-order valence-electron chi connectivity index (χ0n) is 8.26. The van der Waals surface area contributed by atoms with E-state index in [1.54, 1.807) is 0 Å². The molecule has 0 atom stereocenters. The van der Waals surface area contributed by atoms with Gasteiger partial charge in [0.1, 0.15) is 5.76 Å². The molecule has 0 aliphatic carbocycles. The molecule has 3 heteroatoms. The third-order valence-electron chi connectivity index (χ3n) is 2.95. The Balaban J connectivity index is 2.22. The van der Waals surface area contributed by atoms with Crippen LogP contribution in [0, 0.1) is 6.92 Å². The van der Waals surface area contributed by atoms with E-state index in [0.717, 1.165) is 37.4 Å². The van der Waals surface area contributed by atoms with Gasteiger partial charge in [-0.3, -0.25) is 0 Å². The van der Waals surface area contributed by atoms with Gasteiger partial charge >= 0.3 is 0 Å². The highest BCUT2D eigenvalue weighted by Gasteiger charge is 2.31. The molecule has 1 aromatic heterocycles. The Bertz CT molecular complexity index is 287. The van der Waals surface area contributed by atoms with Crippen LogP contribution in [0.1, 0.15) is 31.2 Å². The third-order valence-corrected chi connectivity index (χ3v) is 2.95. The van der Waals surface area contributed by atoms with Gasteiger partial charge in [-0.15, -0.1) is 0 Å². The molecule has 1 aliphatic rings. The number of piperidine rings is 1. The minimum absolute atomic E-state index is 0.225. The fourth-order valence-electron chi connectivity index (χ4n) is 1.89. The molecule has 0 aromatic carbocycles. The highest BCUT2D eigenvalue weighted by atomic mass is 16.5. The van der Waals surface area contributed by atoms with E-state index >= 15 is 0 Å². The summed E-state index contributed by atoms with van der Waals surface area (Å²) in [7, 11) is 0. The fourth-order valence-corrected chi connectivity index (χ4v) is 1.89. The molecule has 0 amide bonds. The molecule has 0 bridgehead atoms. The topological polar surface area (TPSA) is 38.1 Å². The van der Waals surface area contributed by atoms with Gasteiger partial charge in [0.15, 0.2) is 0 Å². The number of nitrogens with zero attached hydrogens (tertiary/aromatic N) is 1. The van der Waals surface area contributed by atoms with Crippen molar-refractivity contribution in [3.05, 3.63) is 17.5 Å². The molecule has 1 N–H and O–H groups in total. The van der Waals surface area contributed by atoms with Crippen molar-refractivity contribution in [2.75, 3.05) is 13.1 Å². The molecule has 0 spiro atoms. The van der Waals surface area contributed by atoms with E-state index in [9.17, 15) is 0 Å². The summed E-state index contributed by atoms with van der Waals surface area (Å²) in [5.74, 6) is 0.912. The van der Waals surface area contributed by atoms with Crippen LogP contribution in [0.4, 0.5) is 0 Å². The van der Waals surface area contributed by atoms with Crippen molar-refractivity contribution in [3.8, 4) is 0 Å². The molecule has 13 heavy (non-hydrogen) atoms. The molecular weight excluding hydrogens is 164 g/mol. The van der Waals surface area contributed by atoms with E-state index in [1.807, 2.05) is 6.92 Å². The zero-order valence-corrected chi connectivity index (χ0v) is 8.26. The van der Waals surface area contributed by atoms with Crippen molar-refractivity contribution >= 4 is 0 Å². The Morgan fingerprint density at radius 2 is 2.15 bits per heavy atom. The van der Waals surface area contributed by atoms with Crippen molar-refractivity contribution in [3.63, 3.8) is 0 Å². The average molecular weight is 180 g/mol. The maximum atomic E-state index is 5.11. The molecule has 0 radical (unpaired) electrons. The van der Waals surface area contributed by atoms with Gasteiger partial charge in [-0.05, 0) is 32.9 Å². The SMILES string of the molecule is Cc1cc(C2(C)CCNCC2)no1. The van der Waals surface area contributed by atoms with Crippen molar-refractivity contribution in [1.82, 2.24) is 10.5 Å². The van der Waals surface area contributed by atoms with Gasteiger partial charge in [0, 0.05) is 11.5 Å². The summed E-state index contributed by atoms with van der Waals surface area (Å²) in [5, 5.41) is 7.47. The summed E-state index contributed by atoms with van der Waals surface area (Å²) in [4.78, 5) is 0. The lowest BCUT2D eigenvalue weighted by molar-refractivity contribution is 0.303. The van der Waals surface area contributed by atoms with Crippen LogP contribution in [-0.2, 0) is 5.41 Å². The largest absolute Gasteiger partial charge is 0.361 e. The number of hydrogen-bond donors (Lipinski definition) is 1. The Labute approximate surface area is 78.5 Å². The van der Waals surface area contributed by atoms with E-state index in [1.165, 1.54) is 0 Å². The van der Waals surface area contributed by atoms with Gasteiger partial charge in [0.25, 0.3) is 0 Å². The van der Waals surface area contributed by atoms with Crippen LogP contribution in [0.5, 0.6) is 0 Å². The molecule has 1 aromatic rings. The monoisotopic (exact) mass is 180 g/mol. The fraction of sp³-hybridized carbons (Fsp3) is 0.700. The quantitative estimate of drug-likeness (QED) is 0.713. The van der Waals surface area contributed by atoms with E-state index in [0.29, 0.717) is 0 Å². The first kappa shape index (κ1) is 8.75. The van der Waals surface area contributed by atoms with Crippen molar-refractivity contribution in [2.45, 2.75) is 32.1 Å². The molecule has 1 aliphatic heterocycles. The average Bonchev–Trinajstić information content (AvgIpc) is 2.54. The summed E-state index contributed by atoms with van der Waals surface area (Å²) < 4.78 is 5.11. The van der Waals surface area contributed by atoms with Crippen LogP contribution < -0.4 is 5.32 Å². The van der Waals surface area contributed by atoms with Crippen LogP contribution in [0.25, 0.3) is 0 Å². The van der Waals surface area contributed by atoms with Gasteiger partial charge in [-0.2, -0.15) is 0 Å². The van der Waals surface area contributed by atoms with Crippen molar-refractivity contribution in [1.29, 1.82) is 0 Å². The Morgan fingerprint density at radius 1 is 1.46 bits per heavy atom. The lowest BCUT2D eigenvalue weighted by Gasteiger charge is -2.31. The molecule has 2 heterocycles. The number of nitrogens with one attached hydrogen (secondary N) is 1. The van der Waals surface area contributed by atoms with E-state index in [-0.39, 0.29) is 5.41 Å². The van der Waals surface area contributed by atoms with Crippen LogP contribution in [-0.4, -0.2) is 18.2 Å². The van der Waals surface area contributed by atoms with Gasteiger partial charge in [0.05, 0.1) is 5.69 Å². The Hall–Kier alpha value is -0.830. The highest BCUT2D eigenvalue weighted by molar-refractivity contribution is 5.16. The molecular formula is C10H16N2O. The molecule has 1 fully saturated rings. The van der Waals surface area contributed by atoms with E-state index < -0.39 is 0 Å². The summed E-state index contributed by atoms with van der Waals surface area (Å²) in [6, 6.07) is 2.06. The number of aromatic nitrogens is 1. The van der Waals surface area contributed by atoms with E-state index in [2.05, 4.69) is 23.5 Å². The minimum Gasteiger partial charge on any atom is -0.361 e. The zero-order chi connectivity index (χ0) is 9.31. The molecule has 0 saturated carbocycles. The first-order valence-corrected chi connectivity index (χ1v) is 4.85. The number of aryl methyl sites for hydroxylation is 1. The van der Waals surface area contributed by atoms with Gasteiger partial charge < -0.3 is 9.84 Å². The molecule has 0 unspecified atom stereocenters. The second-order valence-electron chi connectivity index (χ2n) is 4.13. The standard InChI is InChI=1S/C10H16N2O/c1-8-7-9(12-13-8)10(2)3-5-11-6-4-10/h7,11H,3-6H2,1-2H3. The maximum absolute atomic E-state index is 5.11. The smallest absolute Gasteiger partial charge is 0.133 e. The van der Waals surface area contributed by atoms with Crippen LogP contribution in [0.2, 0.25) is 0 Å². The number of hydrogen-bond acceptors (Lipinski definition) is 3. The summed E-state index contributed by atoms with van der Waals surface area (Å²) in [5.41, 5.74) is 1.34. The highest BCUT2D eigenvalue weighted by Crippen LogP contribution is 2.31. The second-order valence-corrected chi connectivity index (χ2v) is 4.13. The molecule has 3 nitrogen and oxygen atoms in total. The molecule has 2 rings (SSSR count). The van der Waals surface area contributed by atoms with Crippen LogP contribution in [0.15, 0.2) is 10.6 Å². The predicted octanol–water partition coefficient (Wildman–Crippen LogP) is 1.62. The normalized spacial score (nSPS) is 21.7.